The summed E-state index contributed by atoms with van der Waals surface area (Å²) in [5.41, 5.74) is 1.15. The highest BCUT2D eigenvalue weighted by molar-refractivity contribution is 6.31. The summed E-state index contributed by atoms with van der Waals surface area (Å²) in [7, 11) is 0. The number of carbonyl (C=O) groups excluding carboxylic acids is 1. The van der Waals surface area contributed by atoms with E-state index in [1.54, 1.807) is 0 Å². The van der Waals surface area contributed by atoms with Crippen molar-refractivity contribution in [2.45, 2.75) is 33.2 Å². The van der Waals surface area contributed by atoms with Crippen LogP contribution in [0, 0.1) is 5.41 Å². The number of rotatable bonds is 0. The van der Waals surface area contributed by atoms with Gasteiger partial charge in [0.05, 0.1) is 11.0 Å². The highest BCUT2D eigenvalue weighted by atomic mass is 35.5. The molecule has 1 heterocycles. The van der Waals surface area contributed by atoms with Gasteiger partial charge >= 0.3 is 0 Å². The van der Waals surface area contributed by atoms with E-state index in [1.807, 2.05) is 58.1 Å². The van der Waals surface area contributed by atoms with Gasteiger partial charge in [0, 0.05) is 5.03 Å². The molecular formula is C15H18ClNO. The van der Waals surface area contributed by atoms with Crippen LogP contribution in [-0.4, -0.2) is 11.4 Å². The molecule has 1 N–H and O–H groups in total. The Morgan fingerprint density at radius 1 is 1.06 bits per heavy atom. The third-order valence-corrected chi connectivity index (χ3v) is 3.78. The number of allylic oxidation sites excluding steroid dienone is 5. The molecule has 0 aromatic carbocycles. The first-order valence-corrected chi connectivity index (χ1v) is 6.43. The maximum atomic E-state index is 12.2. The van der Waals surface area contributed by atoms with Gasteiger partial charge in [0.1, 0.15) is 0 Å². The molecule has 1 aliphatic heterocycles. The molecule has 0 aromatic rings. The largest absolute Gasteiger partial charge is 0.346 e. The summed E-state index contributed by atoms with van der Waals surface area (Å²) in [6.45, 7) is 7.86. The third kappa shape index (κ3) is 2.05. The molecule has 2 aliphatic rings. The molecule has 96 valence electrons. The average molecular weight is 264 g/mol. The summed E-state index contributed by atoms with van der Waals surface area (Å²) in [4.78, 5) is 12.2. The zero-order chi connectivity index (χ0) is 13.6. The van der Waals surface area contributed by atoms with Gasteiger partial charge in [0.25, 0.3) is 0 Å². The van der Waals surface area contributed by atoms with Crippen molar-refractivity contribution in [1.29, 1.82) is 0 Å². The molecule has 1 aliphatic carbocycles. The molecule has 0 fully saturated rings. The predicted octanol–water partition coefficient (Wildman–Crippen LogP) is 3.47. The lowest BCUT2D eigenvalue weighted by Crippen LogP contribution is -2.55. The van der Waals surface area contributed by atoms with E-state index < -0.39 is 5.41 Å². The Morgan fingerprint density at radius 3 is 2.33 bits per heavy atom. The van der Waals surface area contributed by atoms with Crippen molar-refractivity contribution >= 4 is 17.5 Å². The molecule has 2 nitrogen and oxygen atoms in total. The maximum absolute atomic E-state index is 12.2. The topological polar surface area (TPSA) is 29.1 Å². The summed E-state index contributed by atoms with van der Waals surface area (Å²) in [6, 6.07) is 0. The van der Waals surface area contributed by atoms with Crippen LogP contribution in [0.2, 0.25) is 0 Å². The van der Waals surface area contributed by atoms with Crippen LogP contribution in [0.4, 0.5) is 0 Å². The van der Waals surface area contributed by atoms with Gasteiger partial charge < -0.3 is 5.32 Å². The van der Waals surface area contributed by atoms with Crippen LogP contribution in [0.3, 0.4) is 0 Å². The van der Waals surface area contributed by atoms with Crippen molar-refractivity contribution in [3.63, 3.8) is 0 Å². The quantitative estimate of drug-likeness (QED) is 0.712. The molecule has 3 heteroatoms. The van der Waals surface area contributed by atoms with Crippen LogP contribution in [0.15, 0.2) is 46.6 Å². The molecular weight excluding hydrogens is 246 g/mol. The molecule has 2 rings (SSSR count). The first-order chi connectivity index (χ1) is 8.25. The van der Waals surface area contributed by atoms with E-state index in [9.17, 15) is 4.79 Å². The van der Waals surface area contributed by atoms with Crippen LogP contribution in [-0.2, 0) is 4.79 Å². The molecule has 0 aromatic heterocycles. The van der Waals surface area contributed by atoms with Gasteiger partial charge in [-0.05, 0) is 51.0 Å². The molecule has 0 spiro atoms. The first kappa shape index (κ1) is 13.2. The second-order valence-electron chi connectivity index (χ2n) is 5.78. The highest BCUT2D eigenvalue weighted by Gasteiger charge is 2.43. The lowest BCUT2D eigenvalue weighted by Gasteiger charge is -2.42. The lowest BCUT2D eigenvalue weighted by molar-refractivity contribution is -0.129. The summed E-state index contributed by atoms with van der Waals surface area (Å²) >= 11 is 6.16. The van der Waals surface area contributed by atoms with Crippen LogP contribution in [0.25, 0.3) is 0 Å². The predicted molar refractivity (Wildman–Crippen MR) is 75.2 cm³/mol. The van der Waals surface area contributed by atoms with E-state index in [4.69, 9.17) is 11.6 Å². The highest BCUT2D eigenvalue weighted by Crippen LogP contribution is 2.40. The van der Waals surface area contributed by atoms with E-state index >= 15 is 0 Å². The van der Waals surface area contributed by atoms with Crippen molar-refractivity contribution in [1.82, 2.24) is 5.32 Å². The molecule has 0 saturated carbocycles. The Labute approximate surface area is 113 Å². The lowest BCUT2D eigenvalue weighted by atomic mass is 9.71. The third-order valence-electron chi connectivity index (χ3n) is 3.54. The van der Waals surface area contributed by atoms with E-state index in [1.165, 1.54) is 0 Å². The second kappa shape index (κ2) is 4.13. The molecule has 0 radical (unpaired) electrons. The summed E-state index contributed by atoms with van der Waals surface area (Å²) < 4.78 is 0. The van der Waals surface area contributed by atoms with Crippen molar-refractivity contribution in [3.05, 3.63) is 46.6 Å². The number of carbonyl (C=O) groups is 1. The number of hydrogen-bond donors (Lipinski definition) is 1. The minimum atomic E-state index is -0.569. The minimum absolute atomic E-state index is 0.0323. The Balaban J connectivity index is 2.72. The smallest absolute Gasteiger partial charge is 0.230 e. The van der Waals surface area contributed by atoms with Crippen LogP contribution in [0.5, 0.6) is 0 Å². The normalized spacial score (nSPS) is 28.5. The fraction of sp³-hybridized carbons (Fsp3) is 0.400. The Morgan fingerprint density at radius 2 is 1.67 bits per heavy atom. The van der Waals surface area contributed by atoms with Gasteiger partial charge in [-0.15, -0.1) is 0 Å². The van der Waals surface area contributed by atoms with Crippen LogP contribution < -0.4 is 5.32 Å². The van der Waals surface area contributed by atoms with E-state index in [2.05, 4.69) is 5.32 Å². The summed E-state index contributed by atoms with van der Waals surface area (Å²) in [5, 5.41) is 3.71. The van der Waals surface area contributed by atoms with Crippen molar-refractivity contribution in [2.75, 3.05) is 0 Å². The number of hydrogen-bond acceptors (Lipinski definition) is 1. The van der Waals surface area contributed by atoms with E-state index in [0.29, 0.717) is 5.03 Å². The molecule has 0 bridgehead atoms. The number of nitrogens with one attached hydrogen (secondary N) is 1. The van der Waals surface area contributed by atoms with Crippen LogP contribution >= 0.6 is 11.6 Å². The SMILES string of the molecule is CC1(C)NC(=O)C(C)(C)C2=C1/C=C/C=C/C(Cl)=C2. The molecule has 1 amide bonds. The zero-order valence-corrected chi connectivity index (χ0v) is 11.9. The average Bonchev–Trinajstić information content (AvgIpc) is 2.20. The fourth-order valence-electron chi connectivity index (χ4n) is 2.34. The fourth-order valence-corrected chi connectivity index (χ4v) is 2.53. The number of halogens is 1. The second-order valence-corrected chi connectivity index (χ2v) is 6.22. The first-order valence-electron chi connectivity index (χ1n) is 6.05. The Hall–Kier alpha value is -1.28. The van der Waals surface area contributed by atoms with Crippen LogP contribution in [0.1, 0.15) is 27.7 Å². The molecule has 0 saturated heterocycles. The standard InChI is InChI=1S/C15H18ClNO/c1-14(2)12-9-10(16)7-5-6-8-11(12)15(3,4)17-13(14)18/h5-9H,1-4H3,(H,17,18)/b6-5?,7-5+,8-6+,10-7?,10-9?,11-8?,12-9?. The van der Waals surface area contributed by atoms with Crippen molar-refractivity contribution < 1.29 is 4.79 Å². The maximum Gasteiger partial charge on any atom is 0.230 e. The Kier molecular flexibility index (Phi) is 3.02. The minimum Gasteiger partial charge on any atom is -0.346 e. The molecule has 0 atom stereocenters. The van der Waals surface area contributed by atoms with Crippen molar-refractivity contribution in [3.8, 4) is 0 Å². The van der Waals surface area contributed by atoms with E-state index in [-0.39, 0.29) is 11.4 Å². The van der Waals surface area contributed by atoms with Gasteiger partial charge in [-0.1, -0.05) is 29.8 Å². The summed E-state index contributed by atoms with van der Waals surface area (Å²) in [6.07, 6.45) is 9.64. The monoisotopic (exact) mass is 263 g/mol. The zero-order valence-electron chi connectivity index (χ0n) is 11.2. The molecule has 0 unspecified atom stereocenters. The number of amides is 1. The van der Waals surface area contributed by atoms with E-state index in [0.717, 1.165) is 11.1 Å². The van der Waals surface area contributed by atoms with Crippen molar-refractivity contribution in [2.24, 2.45) is 5.41 Å². The van der Waals surface area contributed by atoms with Gasteiger partial charge in [0.15, 0.2) is 0 Å². The summed E-state index contributed by atoms with van der Waals surface area (Å²) in [5.74, 6) is 0.0323. The van der Waals surface area contributed by atoms with Gasteiger partial charge in [0.2, 0.25) is 5.91 Å². The van der Waals surface area contributed by atoms with Gasteiger partial charge in [-0.3, -0.25) is 4.79 Å². The van der Waals surface area contributed by atoms with Gasteiger partial charge in [-0.25, -0.2) is 0 Å². The molecule has 18 heavy (non-hydrogen) atoms. The van der Waals surface area contributed by atoms with Gasteiger partial charge in [-0.2, -0.15) is 0 Å². The Bertz CT molecular complexity index is 519.